The Morgan fingerprint density at radius 1 is 1.48 bits per heavy atom. The van der Waals surface area contributed by atoms with E-state index in [0.717, 1.165) is 13.0 Å². The van der Waals surface area contributed by atoms with Gasteiger partial charge in [0.25, 0.3) is 5.69 Å². The number of nitro benzene ring substituents is 1. The zero-order valence-electron chi connectivity index (χ0n) is 11.5. The van der Waals surface area contributed by atoms with Crippen LogP contribution in [0.3, 0.4) is 0 Å². The lowest BCUT2D eigenvalue weighted by Gasteiger charge is -2.23. The third-order valence-electron chi connectivity index (χ3n) is 3.34. The predicted octanol–water partition coefficient (Wildman–Crippen LogP) is 1.10. The zero-order chi connectivity index (χ0) is 15.5. The summed E-state index contributed by atoms with van der Waals surface area (Å²) in [5.74, 6) is 0.122. The third kappa shape index (κ3) is 3.61. The van der Waals surface area contributed by atoms with E-state index < -0.39 is 20.2 Å². The van der Waals surface area contributed by atoms with E-state index in [1.165, 1.54) is 25.3 Å². The molecular formula is C12H17N3O5S. The number of sulfonamides is 1. The predicted molar refractivity (Wildman–Crippen MR) is 78.1 cm³/mol. The first kappa shape index (κ1) is 15.5. The van der Waals surface area contributed by atoms with Gasteiger partial charge in [0.05, 0.1) is 29.0 Å². The van der Waals surface area contributed by atoms with E-state index in [2.05, 4.69) is 10.0 Å². The molecule has 1 aromatic rings. The van der Waals surface area contributed by atoms with Crippen molar-refractivity contribution in [3.05, 3.63) is 28.3 Å². The maximum atomic E-state index is 12.3. The molecule has 1 aromatic carbocycles. The molecule has 0 amide bonds. The monoisotopic (exact) mass is 315 g/mol. The Morgan fingerprint density at radius 3 is 2.81 bits per heavy atom. The molecule has 1 saturated heterocycles. The van der Waals surface area contributed by atoms with Crippen molar-refractivity contribution in [2.75, 3.05) is 24.9 Å². The van der Waals surface area contributed by atoms with Crippen molar-refractivity contribution in [1.82, 2.24) is 5.32 Å². The van der Waals surface area contributed by atoms with Crippen molar-refractivity contribution >= 4 is 21.4 Å². The molecule has 9 heteroatoms. The Hall–Kier alpha value is -1.87. The summed E-state index contributed by atoms with van der Waals surface area (Å²) in [5, 5.41) is 13.2. The Labute approximate surface area is 122 Å². The van der Waals surface area contributed by atoms with E-state index in [1.54, 1.807) is 0 Å². The van der Waals surface area contributed by atoms with Gasteiger partial charge < -0.3 is 10.1 Å². The number of anilines is 1. The second kappa shape index (κ2) is 6.27. The number of hydrogen-bond acceptors (Lipinski definition) is 6. The van der Waals surface area contributed by atoms with E-state index in [4.69, 9.17) is 4.74 Å². The Kier molecular flexibility index (Phi) is 4.63. The summed E-state index contributed by atoms with van der Waals surface area (Å²) in [4.78, 5) is 10.2. The fraction of sp³-hybridized carbons (Fsp3) is 0.500. The summed E-state index contributed by atoms with van der Waals surface area (Å²) < 4.78 is 32.1. The molecule has 0 saturated carbocycles. The summed E-state index contributed by atoms with van der Waals surface area (Å²) in [5.41, 5.74) is 0.0443. The van der Waals surface area contributed by atoms with Gasteiger partial charge in [-0.1, -0.05) is 0 Å². The van der Waals surface area contributed by atoms with E-state index in [1.807, 2.05) is 0 Å². The van der Waals surface area contributed by atoms with Crippen LogP contribution in [-0.2, 0) is 10.0 Å². The molecule has 1 fully saturated rings. The molecule has 116 valence electrons. The highest BCUT2D eigenvalue weighted by Crippen LogP contribution is 2.30. The summed E-state index contributed by atoms with van der Waals surface area (Å²) in [6, 6.07) is 3.77. The molecule has 2 N–H and O–H groups in total. The molecular weight excluding hydrogens is 298 g/mol. The smallest absolute Gasteiger partial charge is 0.273 e. The summed E-state index contributed by atoms with van der Waals surface area (Å²) in [7, 11) is -2.23. The number of nitrogens with zero attached hydrogens (tertiary/aromatic N) is 1. The highest BCUT2D eigenvalue weighted by atomic mass is 32.2. The fourth-order valence-electron chi connectivity index (χ4n) is 2.20. The summed E-state index contributed by atoms with van der Waals surface area (Å²) in [6.07, 6.45) is 1.38. The number of piperidine rings is 1. The molecule has 1 atom stereocenters. The van der Waals surface area contributed by atoms with Gasteiger partial charge in [0.2, 0.25) is 10.0 Å². The number of hydrogen-bond donors (Lipinski definition) is 2. The van der Waals surface area contributed by atoms with E-state index in [9.17, 15) is 18.5 Å². The van der Waals surface area contributed by atoms with Crippen LogP contribution in [-0.4, -0.2) is 38.8 Å². The topological polar surface area (TPSA) is 111 Å². The lowest BCUT2D eigenvalue weighted by molar-refractivity contribution is -0.384. The lowest BCUT2D eigenvalue weighted by Crippen LogP contribution is -2.41. The number of rotatable bonds is 5. The molecule has 0 aromatic heterocycles. The van der Waals surface area contributed by atoms with Crippen LogP contribution in [0.15, 0.2) is 18.2 Å². The van der Waals surface area contributed by atoms with E-state index in [-0.39, 0.29) is 17.1 Å². The summed E-state index contributed by atoms with van der Waals surface area (Å²) >= 11 is 0. The maximum Gasteiger partial charge on any atom is 0.273 e. The summed E-state index contributed by atoms with van der Waals surface area (Å²) in [6.45, 7) is 1.21. The quantitative estimate of drug-likeness (QED) is 0.622. The molecule has 0 radical (unpaired) electrons. The average molecular weight is 315 g/mol. The molecule has 1 aliphatic rings. The number of non-ortho nitro benzene ring substituents is 1. The van der Waals surface area contributed by atoms with Crippen molar-refractivity contribution in [2.45, 2.75) is 18.1 Å². The van der Waals surface area contributed by atoms with E-state index in [0.29, 0.717) is 13.0 Å². The van der Waals surface area contributed by atoms with Crippen molar-refractivity contribution < 1.29 is 18.1 Å². The third-order valence-corrected chi connectivity index (χ3v) is 5.12. The van der Waals surface area contributed by atoms with Crippen LogP contribution in [0.4, 0.5) is 11.4 Å². The molecule has 1 unspecified atom stereocenters. The van der Waals surface area contributed by atoms with Crippen LogP contribution in [0.5, 0.6) is 5.75 Å². The van der Waals surface area contributed by atoms with Gasteiger partial charge in [-0.05, 0) is 25.5 Å². The minimum absolute atomic E-state index is 0.122. The van der Waals surface area contributed by atoms with Gasteiger partial charge in [0, 0.05) is 12.6 Å². The van der Waals surface area contributed by atoms with Gasteiger partial charge in [0.1, 0.15) is 5.75 Å². The number of benzene rings is 1. The van der Waals surface area contributed by atoms with Crippen molar-refractivity contribution in [1.29, 1.82) is 0 Å². The standard InChI is InChI=1S/C12H17N3O5S/c1-20-12-7-9(15(16)17)4-5-11(12)14-21(18,19)10-3-2-6-13-8-10/h4-5,7,10,13-14H,2-3,6,8H2,1H3. The number of ether oxygens (including phenoxy) is 1. The Morgan fingerprint density at radius 2 is 2.24 bits per heavy atom. The molecule has 1 aliphatic heterocycles. The van der Waals surface area contributed by atoms with Crippen molar-refractivity contribution in [2.24, 2.45) is 0 Å². The highest BCUT2D eigenvalue weighted by molar-refractivity contribution is 7.93. The highest BCUT2D eigenvalue weighted by Gasteiger charge is 2.28. The van der Waals surface area contributed by atoms with Crippen LogP contribution in [0.2, 0.25) is 0 Å². The largest absolute Gasteiger partial charge is 0.494 e. The van der Waals surface area contributed by atoms with Gasteiger partial charge in [-0.3, -0.25) is 14.8 Å². The molecule has 0 aliphatic carbocycles. The first-order valence-corrected chi connectivity index (χ1v) is 8.03. The SMILES string of the molecule is COc1cc([N+](=O)[O-])ccc1NS(=O)(=O)C1CCCNC1. The van der Waals surface area contributed by atoms with Crippen LogP contribution in [0.1, 0.15) is 12.8 Å². The maximum absolute atomic E-state index is 12.3. The van der Waals surface area contributed by atoms with Crippen molar-refractivity contribution in [3.63, 3.8) is 0 Å². The number of nitro groups is 1. The Balaban J connectivity index is 2.23. The van der Waals surface area contributed by atoms with Gasteiger partial charge >= 0.3 is 0 Å². The van der Waals surface area contributed by atoms with Crippen LogP contribution in [0, 0.1) is 10.1 Å². The second-order valence-electron chi connectivity index (χ2n) is 4.76. The van der Waals surface area contributed by atoms with Gasteiger partial charge in [0.15, 0.2) is 0 Å². The lowest BCUT2D eigenvalue weighted by atomic mass is 10.2. The second-order valence-corrected chi connectivity index (χ2v) is 6.72. The molecule has 21 heavy (non-hydrogen) atoms. The Bertz CT molecular complexity index is 626. The van der Waals surface area contributed by atoms with Crippen molar-refractivity contribution in [3.8, 4) is 5.75 Å². The average Bonchev–Trinajstić information content (AvgIpc) is 2.48. The number of methoxy groups -OCH3 is 1. The first-order valence-electron chi connectivity index (χ1n) is 6.49. The van der Waals surface area contributed by atoms with Crippen LogP contribution < -0.4 is 14.8 Å². The normalized spacial score (nSPS) is 19.0. The van der Waals surface area contributed by atoms with Gasteiger partial charge in [-0.15, -0.1) is 0 Å². The number of nitrogens with one attached hydrogen (secondary N) is 2. The first-order chi connectivity index (χ1) is 9.94. The minimum Gasteiger partial charge on any atom is -0.494 e. The molecule has 1 heterocycles. The fourth-order valence-corrected chi connectivity index (χ4v) is 3.66. The van der Waals surface area contributed by atoms with Gasteiger partial charge in [-0.25, -0.2) is 8.42 Å². The zero-order valence-corrected chi connectivity index (χ0v) is 12.4. The molecule has 2 rings (SSSR count). The molecule has 0 spiro atoms. The van der Waals surface area contributed by atoms with Crippen LogP contribution in [0.25, 0.3) is 0 Å². The minimum atomic E-state index is -3.56. The van der Waals surface area contributed by atoms with E-state index >= 15 is 0 Å². The van der Waals surface area contributed by atoms with Gasteiger partial charge in [-0.2, -0.15) is 0 Å². The molecule has 0 bridgehead atoms. The molecule has 8 nitrogen and oxygen atoms in total. The van der Waals surface area contributed by atoms with Crippen LogP contribution >= 0.6 is 0 Å².